The number of rotatable bonds is 5. The lowest BCUT2D eigenvalue weighted by atomic mass is 10.1. The number of benzene rings is 1. The number of carboxylic acid groups (broad SMARTS) is 1. The van der Waals surface area contributed by atoms with Gasteiger partial charge in [-0.05, 0) is 38.0 Å². The van der Waals surface area contributed by atoms with E-state index in [0.29, 0.717) is 0 Å². The van der Waals surface area contributed by atoms with Crippen molar-refractivity contribution in [2.45, 2.75) is 36.8 Å². The molecule has 1 N–H and O–H groups in total. The second-order valence-corrected chi connectivity index (χ2v) is 6.98. The second-order valence-electron chi connectivity index (χ2n) is 5.32. The number of aromatic nitrogens is 1. The van der Waals surface area contributed by atoms with Crippen LogP contribution >= 0.6 is 11.8 Å². The van der Waals surface area contributed by atoms with E-state index in [4.69, 9.17) is 0 Å². The van der Waals surface area contributed by atoms with Crippen molar-refractivity contribution in [2.24, 2.45) is 0 Å². The van der Waals surface area contributed by atoms with Crippen molar-refractivity contribution in [3.05, 3.63) is 48.2 Å². The van der Waals surface area contributed by atoms with Crippen LogP contribution in [0, 0.1) is 0 Å². The van der Waals surface area contributed by atoms with E-state index < -0.39 is 10.7 Å². The number of thioether (sulfide) groups is 1. The van der Waals surface area contributed by atoms with Crippen LogP contribution in [0.3, 0.4) is 0 Å². The summed E-state index contributed by atoms with van der Waals surface area (Å²) in [4.78, 5) is 16.6. The normalized spacial score (nSPS) is 11.4. The molecular formula is C17H19NO2S. The van der Waals surface area contributed by atoms with Crippen LogP contribution in [0.15, 0.2) is 47.5 Å². The molecule has 0 aliphatic rings. The van der Waals surface area contributed by atoms with E-state index in [2.05, 4.69) is 24.0 Å². The van der Waals surface area contributed by atoms with Gasteiger partial charge >= 0.3 is 5.97 Å². The largest absolute Gasteiger partial charge is 0.480 e. The average Bonchev–Trinajstić information content (AvgIpc) is 2.47. The first-order chi connectivity index (χ1) is 9.94. The van der Waals surface area contributed by atoms with Gasteiger partial charge in [0.15, 0.2) is 0 Å². The van der Waals surface area contributed by atoms with Gasteiger partial charge in [0.05, 0.1) is 5.69 Å². The molecule has 1 heterocycles. The molecule has 1 aromatic carbocycles. The number of aryl methyl sites for hydroxylation is 1. The topological polar surface area (TPSA) is 50.2 Å². The van der Waals surface area contributed by atoms with Crippen molar-refractivity contribution < 1.29 is 9.90 Å². The molecule has 110 valence electrons. The number of carboxylic acids is 1. The van der Waals surface area contributed by atoms with Crippen molar-refractivity contribution in [3.63, 3.8) is 0 Å². The Morgan fingerprint density at radius 3 is 2.48 bits per heavy atom. The third-order valence-electron chi connectivity index (χ3n) is 3.29. The molecule has 0 unspecified atom stereocenters. The molecule has 0 spiro atoms. The molecule has 2 aromatic rings. The summed E-state index contributed by atoms with van der Waals surface area (Å²) in [5.74, 6) is -0.830. The van der Waals surface area contributed by atoms with Gasteiger partial charge in [-0.25, -0.2) is 0 Å². The predicted octanol–water partition coefficient (Wildman–Crippen LogP) is 4.27. The lowest BCUT2D eigenvalue weighted by Crippen LogP contribution is -2.27. The van der Waals surface area contributed by atoms with Gasteiger partial charge in [-0.2, -0.15) is 0 Å². The highest BCUT2D eigenvalue weighted by atomic mass is 32.2. The fourth-order valence-corrected chi connectivity index (χ4v) is 2.96. The maximum atomic E-state index is 11.3. The van der Waals surface area contributed by atoms with Gasteiger partial charge in [-0.15, -0.1) is 11.8 Å². The van der Waals surface area contributed by atoms with Crippen LogP contribution in [0.2, 0.25) is 0 Å². The zero-order valence-electron chi connectivity index (χ0n) is 12.5. The van der Waals surface area contributed by atoms with Gasteiger partial charge in [0.25, 0.3) is 0 Å². The first kappa shape index (κ1) is 15.6. The summed E-state index contributed by atoms with van der Waals surface area (Å²) in [5, 5.41) is 9.29. The lowest BCUT2D eigenvalue weighted by Gasteiger charge is -2.20. The van der Waals surface area contributed by atoms with Crippen LogP contribution in [0.5, 0.6) is 0 Å². The summed E-state index contributed by atoms with van der Waals surface area (Å²) in [7, 11) is 0. The van der Waals surface area contributed by atoms with E-state index >= 15 is 0 Å². The molecule has 3 nitrogen and oxygen atoms in total. The fourth-order valence-electron chi connectivity index (χ4n) is 1.91. The highest BCUT2D eigenvalue weighted by molar-refractivity contribution is 8.01. The smallest absolute Gasteiger partial charge is 0.319 e. The van der Waals surface area contributed by atoms with Crippen LogP contribution in [0.4, 0.5) is 0 Å². The van der Waals surface area contributed by atoms with Crippen molar-refractivity contribution in [2.75, 3.05) is 0 Å². The van der Waals surface area contributed by atoms with Gasteiger partial charge in [-0.3, -0.25) is 9.78 Å². The minimum Gasteiger partial charge on any atom is -0.480 e. The van der Waals surface area contributed by atoms with Crippen molar-refractivity contribution >= 4 is 17.7 Å². The first-order valence-corrected chi connectivity index (χ1v) is 7.72. The molecule has 2 rings (SSSR count). The first-order valence-electron chi connectivity index (χ1n) is 6.91. The molecule has 0 saturated carbocycles. The molecule has 0 amide bonds. The van der Waals surface area contributed by atoms with Crippen molar-refractivity contribution in [3.8, 4) is 11.3 Å². The molecule has 0 bridgehead atoms. The van der Waals surface area contributed by atoms with Crippen LogP contribution < -0.4 is 0 Å². The Morgan fingerprint density at radius 2 is 1.90 bits per heavy atom. The molecule has 0 fully saturated rings. The Hall–Kier alpha value is -1.81. The SMILES string of the molecule is CCc1ccc(-c2ncccc2SC(C)(C)C(=O)O)cc1. The van der Waals surface area contributed by atoms with E-state index in [0.717, 1.165) is 22.6 Å². The van der Waals surface area contributed by atoms with E-state index in [1.54, 1.807) is 20.0 Å². The van der Waals surface area contributed by atoms with E-state index in [9.17, 15) is 9.90 Å². The summed E-state index contributed by atoms with van der Waals surface area (Å²) < 4.78 is -0.888. The molecule has 21 heavy (non-hydrogen) atoms. The highest BCUT2D eigenvalue weighted by Gasteiger charge is 2.29. The van der Waals surface area contributed by atoms with E-state index in [-0.39, 0.29) is 0 Å². The maximum absolute atomic E-state index is 11.3. The number of aliphatic carboxylic acids is 1. The summed E-state index contributed by atoms with van der Waals surface area (Å²) in [6.45, 7) is 5.53. The van der Waals surface area contributed by atoms with Gasteiger partial charge in [0.1, 0.15) is 4.75 Å². The number of carbonyl (C=O) groups is 1. The minimum atomic E-state index is -0.888. The van der Waals surface area contributed by atoms with Crippen molar-refractivity contribution in [1.82, 2.24) is 4.98 Å². The molecule has 4 heteroatoms. The number of pyridine rings is 1. The molecular weight excluding hydrogens is 282 g/mol. The summed E-state index contributed by atoms with van der Waals surface area (Å²) in [6, 6.07) is 12.0. The van der Waals surface area contributed by atoms with E-state index in [1.165, 1.54) is 17.3 Å². The quantitative estimate of drug-likeness (QED) is 0.838. The summed E-state index contributed by atoms with van der Waals surface area (Å²) >= 11 is 1.32. The van der Waals surface area contributed by atoms with Crippen LogP contribution in [-0.2, 0) is 11.2 Å². The lowest BCUT2D eigenvalue weighted by molar-refractivity contribution is -0.138. The van der Waals surface area contributed by atoms with Crippen LogP contribution in [0.25, 0.3) is 11.3 Å². The number of nitrogens with zero attached hydrogens (tertiary/aromatic N) is 1. The molecule has 0 saturated heterocycles. The summed E-state index contributed by atoms with van der Waals surface area (Å²) in [5.41, 5.74) is 3.12. The molecule has 0 aliphatic heterocycles. The van der Waals surface area contributed by atoms with Crippen molar-refractivity contribution in [1.29, 1.82) is 0 Å². The standard InChI is InChI=1S/C17H19NO2S/c1-4-12-7-9-13(10-8-12)15-14(6-5-11-18-15)21-17(2,3)16(19)20/h5-11H,4H2,1-3H3,(H,19,20). The minimum absolute atomic E-state index is 0.830. The Labute approximate surface area is 129 Å². The Morgan fingerprint density at radius 1 is 1.24 bits per heavy atom. The van der Waals surface area contributed by atoms with E-state index in [1.807, 2.05) is 24.3 Å². The Kier molecular flexibility index (Phi) is 4.68. The fraction of sp³-hybridized carbons (Fsp3) is 0.294. The Bertz CT molecular complexity index is 635. The average molecular weight is 301 g/mol. The third-order valence-corrected chi connectivity index (χ3v) is 4.52. The van der Waals surface area contributed by atoms with Gasteiger partial charge in [0.2, 0.25) is 0 Å². The highest BCUT2D eigenvalue weighted by Crippen LogP contribution is 2.37. The molecule has 0 aliphatic carbocycles. The number of hydrogen-bond donors (Lipinski definition) is 1. The number of hydrogen-bond acceptors (Lipinski definition) is 3. The van der Waals surface area contributed by atoms with Gasteiger partial charge in [-0.1, -0.05) is 31.2 Å². The second kappa shape index (κ2) is 6.31. The zero-order chi connectivity index (χ0) is 15.5. The monoisotopic (exact) mass is 301 g/mol. The Balaban J connectivity index is 2.38. The molecule has 1 aromatic heterocycles. The summed E-state index contributed by atoms with van der Waals surface area (Å²) in [6.07, 6.45) is 2.73. The maximum Gasteiger partial charge on any atom is 0.319 e. The molecule has 0 radical (unpaired) electrons. The van der Waals surface area contributed by atoms with Crippen LogP contribution in [-0.4, -0.2) is 20.8 Å². The third kappa shape index (κ3) is 3.64. The molecule has 0 atom stereocenters. The zero-order valence-corrected chi connectivity index (χ0v) is 13.3. The van der Waals surface area contributed by atoms with Gasteiger partial charge in [0, 0.05) is 16.7 Å². The van der Waals surface area contributed by atoms with Gasteiger partial charge < -0.3 is 5.11 Å². The predicted molar refractivity (Wildman–Crippen MR) is 86.6 cm³/mol. The van der Waals surface area contributed by atoms with Crippen LogP contribution in [0.1, 0.15) is 26.3 Å².